The van der Waals surface area contributed by atoms with Crippen LogP contribution in [0.25, 0.3) is 0 Å². The second-order valence-electron chi connectivity index (χ2n) is 3.29. The number of hydrogen-bond acceptors (Lipinski definition) is 3. The van der Waals surface area contributed by atoms with Crippen LogP contribution in [-0.2, 0) is 10.0 Å². The third-order valence-corrected chi connectivity index (χ3v) is 3.67. The standard InChI is InChI=1S/C10H9Cl2NO4S/c1-2-3-18(16,17)13-9-7(11)4-6(10(14)15)5-8(9)12/h2,4-5,13H,1,3H2,(H,14,15). The zero-order chi connectivity index (χ0) is 13.9. The molecule has 0 spiro atoms. The van der Waals surface area contributed by atoms with E-state index < -0.39 is 16.0 Å². The molecule has 0 aliphatic carbocycles. The lowest BCUT2D eigenvalue weighted by molar-refractivity contribution is 0.0697. The largest absolute Gasteiger partial charge is 0.478 e. The molecule has 0 aliphatic heterocycles. The normalized spacial score (nSPS) is 11.0. The molecule has 2 N–H and O–H groups in total. The van der Waals surface area contributed by atoms with E-state index in [-0.39, 0.29) is 27.0 Å². The Morgan fingerprint density at radius 3 is 2.28 bits per heavy atom. The number of nitrogens with one attached hydrogen (secondary N) is 1. The number of aromatic carboxylic acids is 1. The van der Waals surface area contributed by atoms with Crippen molar-refractivity contribution in [3.8, 4) is 0 Å². The number of halogens is 2. The van der Waals surface area contributed by atoms with Gasteiger partial charge in [-0.3, -0.25) is 4.72 Å². The molecule has 1 aromatic rings. The number of carboxylic acid groups (broad SMARTS) is 1. The van der Waals surface area contributed by atoms with Crippen LogP contribution in [0.1, 0.15) is 10.4 Å². The van der Waals surface area contributed by atoms with Crippen molar-refractivity contribution in [2.75, 3.05) is 10.5 Å². The highest BCUT2D eigenvalue weighted by Crippen LogP contribution is 2.32. The second-order valence-corrected chi connectivity index (χ2v) is 5.87. The van der Waals surface area contributed by atoms with Gasteiger partial charge in [0.05, 0.1) is 27.0 Å². The van der Waals surface area contributed by atoms with Gasteiger partial charge in [-0.2, -0.15) is 0 Å². The van der Waals surface area contributed by atoms with Crippen molar-refractivity contribution < 1.29 is 18.3 Å². The Bertz CT molecular complexity index is 575. The molecule has 0 radical (unpaired) electrons. The van der Waals surface area contributed by atoms with E-state index in [1.54, 1.807) is 0 Å². The van der Waals surface area contributed by atoms with Crippen molar-refractivity contribution in [1.29, 1.82) is 0 Å². The van der Waals surface area contributed by atoms with Crippen molar-refractivity contribution in [3.63, 3.8) is 0 Å². The maximum absolute atomic E-state index is 11.5. The lowest BCUT2D eigenvalue weighted by atomic mass is 10.2. The molecule has 0 fully saturated rings. The number of carbonyl (C=O) groups is 1. The summed E-state index contributed by atoms with van der Waals surface area (Å²) < 4.78 is 25.2. The molecular formula is C10H9Cl2NO4S. The maximum Gasteiger partial charge on any atom is 0.335 e. The fourth-order valence-electron chi connectivity index (χ4n) is 1.15. The van der Waals surface area contributed by atoms with Crippen molar-refractivity contribution in [2.45, 2.75) is 0 Å². The number of rotatable bonds is 5. The molecule has 0 bridgehead atoms. The molecule has 5 nitrogen and oxygen atoms in total. The average molecular weight is 310 g/mol. The minimum Gasteiger partial charge on any atom is -0.478 e. The summed E-state index contributed by atoms with van der Waals surface area (Å²) in [6.07, 6.45) is 1.20. The van der Waals surface area contributed by atoms with Gasteiger partial charge in [-0.15, -0.1) is 6.58 Å². The highest BCUT2D eigenvalue weighted by Gasteiger charge is 2.16. The summed E-state index contributed by atoms with van der Waals surface area (Å²) in [5.41, 5.74) is -0.179. The molecule has 1 aromatic carbocycles. The Kier molecular flexibility index (Phi) is 4.61. The molecule has 1 rings (SSSR count). The lowest BCUT2D eigenvalue weighted by Crippen LogP contribution is -2.16. The van der Waals surface area contributed by atoms with Crippen molar-refractivity contribution in [3.05, 3.63) is 40.4 Å². The van der Waals surface area contributed by atoms with Crippen LogP contribution < -0.4 is 4.72 Å². The van der Waals surface area contributed by atoms with Gasteiger partial charge in [0.25, 0.3) is 0 Å². The van der Waals surface area contributed by atoms with Crippen LogP contribution in [0.3, 0.4) is 0 Å². The van der Waals surface area contributed by atoms with Crippen molar-refractivity contribution in [1.82, 2.24) is 0 Å². The molecule has 0 heterocycles. The molecule has 0 saturated carbocycles. The highest BCUT2D eigenvalue weighted by molar-refractivity contribution is 7.92. The van der Waals surface area contributed by atoms with E-state index in [1.165, 1.54) is 6.08 Å². The molecule has 0 amide bonds. The first-order valence-corrected chi connectivity index (χ1v) is 7.01. The van der Waals surface area contributed by atoms with Crippen LogP contribution in [0.4, 0.5) is 5.69 Å². The SMILES string of the molecule is C=CCS(=O)(=O)Nc1c(Cl)cc(C(=O)O)cc1Cl. The number of anilines is 1. The number of hydrogen-bond donors (Lipinski definition) is 2. The monoisotopic (exact) mass is 309 g/mol. The van der Waals surface area contributed by atoms with Gasteiger partial charge in [0, 0.05) is 0 Å². The smallest absolute Gasteiger partial charge is 0.335 e. The van der Waals surface area contributed by atoms with Crippen LogP contribution in [0, 0.1) is 0 Å². The maximum atomic E-state index is 11.5. The Balaban J connectivity index is 3.20. The van der Waals surface area contributed by atoms with Crippen LogP contribution in [0.15, 0.2) is 24.8 Å². The molecule has 98 valence electrons. The molecule has 0 atom stereocenters. The van der Waals surface area contributed by atoms with Gasteiger partial charge < -0.3 is 5.11 Å². The molecular weight excluding hydrogens is 301 g/mol. The van der Waals surface area contributed by atoms with Crippen LogP contribution in [0.5, 0.6) is 0 Å². The molecule has 18 heavy (non-hydrogen) atoms. The number of benzene rings is 1. The van der Waals surface area contributed by atoms with E-state index in [1.807, 2.05) is 0 Å². The Morgan fingerprint density at radius 2 is 1.89 bits per heavy atom. The van der Waals surface area contributed by atoms with E-state index >= 15 is 0 Å². The predicted octanol–water partition coefficient (Wildman–Crippen LogP) is 2.62. The first-order valence-electron chi connectivity index (χ1n) is 4.60. The van der Waals surface area contributed by atoms with Crippen molar-refractivity contribution in [2.24, 2.45) is 0 Å². The summed E-state index contributed by atoms with van der Waals surface area (Å²) in [7, 11) is -3.65. The number of carboxylic acids is 1. The Labute approximate surface area is 114 Å². The van der Waals surface area contributed by atoms with E-state index in [2.05, 4.69) is 11.3 Å². The van der Waals surface area contributed by atoms with Gasteiger partial charge in [-0.1, -0.05) is 29.3 Å². The number of sulfonamides is 1. The minimum atomic E-state index is -3.65. The molecule has 0 unspecified atom stereocenters. The summed E-state index contributed by atoms with van der Waals surface area (Å²) in [5.74, 6) is -1.51. The Hall–Kier alpha value is -1.24. The highest BCUT2D eigenvalue weighted by atomic mass is 35.5. The molecule has 8 heteroatoms. The summed E-state index contributed by atoms with van der Waals surface area (Å²) in [6, 6.07) is 2.23. The van der Waals surface area contributed by atoms with E-state index in [0.717, 1.165) is 12.1 Å². The quantitative estimate of drug-likeness (QED) is 0.819. The van der Waals surface area contributed by atoms with Crippen LogP contribution in [-0.4, -0.2) is 25.2 Å². The van der Waals surface area contributed by atoms with Gasteiger partial charge in [0.1, 0.15) is 0 Å². The van der Waals surface area contributed by atoms with Gasteiger partial charge in [0.2, 0.25) is 10.0 Å². The average Bonchev–Trinajstić information content (AvgIpc) is 2.22. The zero-order valence-corrected chi connectivity index (χ0v) is 11.3. The molecule has 0 aromatic heterocycles. The first-order chi connectivity index (χ1) is 8.26. The van der Waals surface area contributed by atoms with Crippen LogP contribution >= 0.6 is 23.2 Å². The summed E-state index contributed by atoms with van der Waals surface area (Å²) in [6.45, 7) is 3.31. The van der Waals surface area contributed by atoms with Crippen molar-refractivity contribution >= 4 is 44.9 Å². The zero-order valence-electron chi connectivity index (χ0n) is 8.98. The van der Waals surface area contributed by atoms with Gasteiger partial charge in [-0.25, -0.2) is 13.2 Å². The van der Waals surface area contributed by atoms with E-state index in [4.69, 9.17) is 28.3 Å². The lowest BCUT2D eigenvalue weighted by Gasteiger charge is -2.10. The third kappa shape index (κ3) is 3.63. The summed E-state index contributed by atoms with van der Waals surface area (Å²) in [5, 5.41) is 8.59. The molecule has 0 saturated heterocycles. The fraction of sp³-hybridized carbons (Fsp3) is 0.100. The predicted molar refractivity (Wildman–Crippen MR) is 71.0 cm³/mol. The van der Waals surface area contributed by atoms with Gasteiger partial charge in [-0.05, 0) is 12.1 Å². The Morgan fingerprint density at radius 1 is 1.39 bits per heavy atom. The topological polar surface area (TPSA) is 83.5 Å². The van der Waals surface area contributed by atoms with Crippen LogP contribution in [0.2, 0.25) is 10.0 Å². The first kappa shape index (κ1) is 14.8. The minimum absolute atomic E-state index is 0.0508. The van der Waals surface area contributed by atoms with E-state index in [0.29, 0.717) is 0 Å². The van der Waals surface area contributed by atoms with Gasteiger partial charge >= 0.3 is 5.97 Å². The molecule has 0 aliphatic rings. The van der Waals surface area contributed by atoms with E-state index in [9.17, 15) is 13.2 Å². The summed E-state index contributed by atoms with van der Waals surface area (Å²) in [4.78, 5) is 10.7. The fourth-order valence-corrected chi connectivity index (χ4v) is 2.76. The third-order valence-electron chi connectivity index (χ3n) is 1.88. The van der Waals surface area contributed by atoms with Gasteiger partial charge in [0.15, 0.2) is 0 Å². The second kappa shape index (κ2) is 5.60. The summed E-state index contributed by atoms with van der Waals surface area (Å²) >= 11 is 11.6.